The quantitative estimate of drug-likeness (QED) is 0.0465. The fourth-order valence-electron chi connectivity index (χ4n) is 9.17. The van der Waals surface area contributed by atoms with E-state index in [1.165, 1.54) is 6.92 Å². The number of benzene rings is 3. The van der Waals surface area contributed by atoms with E-state index in [1.54, 1.807) is 29.6 Å². The Hall–Kier alpha value is -3.78. The number of anilines is 1. The maximum Gasteiger partial charge on any atom is 0.231 e. The number of ether oxygens (including phenoxy) is 4. The van der Waals surface area contributed by atoms with Gasteiger partial charge in [0.1, 0.15) is 17.2 Å². The van der Waals surface area contributed by atoms with E-state index in [9.17, 15) is 15.0 Å². The molecule has 3 N–H and O–H groups in total. The lowest BCUT2D eigenvalue weighted by atomic mass is 9.56. The van der Waals surface area contributed by atoms with E-state index in [2.05, 4.69) is 42.4 Å². The lowest BCUT2D eigenvalue weighted by Gasteiger charge is -2.58. The van der Waals surface area contributed by atoms with Crippen molar-refractivity contribution < 1.29 is 38.8 Å². The number of oxime groups is 1. The summed E-state index contributed by atoms with van der Waals surface area (Å²) >= 11 is 3.37. The Labute approximate surface area is 357 Å². The first-order valence-electron chi connectivity index (χ1n) is 21.1. The van der Waals surface area contributed by atoms with E-state index in [4.69, 9.17) is 28.9 Å². The third kappa shape index (κ3) is 10.2. The standard InChI is InChI=1S/C47H58N2O8S2/c1-4-26-54-47-43(59-37-19-14-33(15-20-37)48-31(2)52)30-41(49-57-44-13-7-10-27-53-44)39-28-32(11-5-8-24-50)38(12-6-9-25-51)45(46(39)47)40-29-35(18-23-42(40)56-47)55-34-16-21-36(58-3)22-17-34/h4,14-23,28-29,32,38,43-46,50-51H,1,5-13,24-27,30H2,2-3H3,(H,48,52). The molecule has 1 saturated heterocycles. The van der Waals surface area contributed by atoms with Crippen molar-refractivity contribution in [2.45, 2.75) is 104 Å². The molecule has 4 aliphatic rings. The normalized spacial score (nSPS) is 26.5. The Bertz CT molecular complexity index is 1930. The number of allylic oxidation sites excluding steroid dienone is 1. The summed E-state index contributed by atoms with van der Waals surface area (Å²) in [6.45, 7) is 6.75. The molecule has 0 spiro atoms. The van der Waals surface area contributed by atoms with Gasteiger partial charge < -0.3 is 39.3 Å². The van der Waals surface area contributed by atoms with Gasteiger partial charge in [0.15, 0.2) is 0 Å². The number of thioether (sulfide) groups is 2. The fraction of sp³-hybridized carbons (Fsp3) is 0.489. The van der Waals surface area contributed by atoms with Crippen LogP contribution in [0.5, 0.6) is 17.2 Å². The first-order chi connectivity index (χ1) is 28.8. The Morgan fingerprint density at radius 2 is 1.73 bits per heavy atom. The number of aliphatic hydroxyl groups is 2. The van der Waals surface area contributed by atoms with Gasteiger partial charge in [-0.3, -0.25) is 4.79 Å². The number of hydrogen-bond donors (Lipinski definition) is 3. The highest BCUT2D eigenvalue weighted by atomic mass is 32.2. The van der Waals surface area contributed by atoms with Gasteiger partial charge in [-0.05, 0) is 129 Å². The second-order valence-corrected chi connectivity index (χ2v) is 17.9. The maximum absolute atomic E-state index is 11.8. The van der Waals surface area contributed by atoms with Crippen LogP contribution in [0.4, 0.5) is 5.69 Å². The van der Waals surface area contributed by atoms with Gasteiger partial charge in [0.2, 0.25) is 18.0 Å². The van der Waals surface area contributed by atoms with Crippen LogP contribution < -0.4 is 14.8 Å². The zero-order valence-electron chi connectivity index (χ0n) is 34.2. The smallest absolute Gasteiger partial charge is 0.231 e. The summed E-state index contributed by atoms with van der Waals surface area (Å²) in [5, 5.41) is 27.4. The summed E-state index contributed by atoms with van der Waals surface area (Å²) in [7, 11) is 0. The molecule has 0 radical (unpaired) electrons. The maximum atomic E-state index is 11.8. The summed E-state index contributed by atoms with van der Waals surface area (Å²) in [6, 6.07) is 22.1. The van der Waals surface area contributed by atoms with Gasteiger partial charge in [0.05, 0.1) is 30.1 Å². The second-order valence-electron chi connectivity index (χ2n) is 15.7. The van der Waals surface area contributed by atoms with Crippen LogP contribution in [0.3, 0.4) is 0 Å². The van der Waals surface area contributed by atoms with Crippen molar-refractivity contribution in [3.8, 4) is 17.2 Å². The summed E-state index contributed by atoms with van der Waals surface area (Å²) < 4.78 is 27.0. The minimum absolute atomic E-state index is 0.0783. The van der Waals surface area contributed by atoms with E-state index >= 15 is 0 Å². The molecule has 10 nitrogen and oxygen atoms in total. The van der Waals surface area contributed by atoms with Gasteiger partial charge in [-0.1, -0.05) is 30.1 Å². The van der Waals surface area contributed by atoms with Gasteiger partial charge in [-0.2, -0.15) is 0 Å². The molecular weight excluding hydrogens is 785 g/mol. The number of aliphatic hydroxyl groups excluding tert-OH is 2. The predicted molar refractivity (Wildman–Crippen MR) is 235 cm³/mol. The molecule has 7 atom stereocenters. The third-order valence-corrected chi connectivity index (χ3v) is 13.9. The molecule has 7 rings (SSSR count). The van der Waals surface area contributed by atoms with Crippen LogP contribution in [0.1, 0.15) is 82.6 Å². The lowest BCUT2D eigenvalue weighted by Crippen LogP contribution is -2.64. The first kappa shape index (κ1) is 43.3. The molecule has 7 unspecified atom stereocenters. The predicted octanol–water partition coefficient (Wildman–Crippen LogP) is 10.1. The second kappa shape index (κ2) is 20.7. The van der Waals surface area contributed by atoms with Crippen molar-refractivity contribution >= 4 is 40.8 Å². The minimum atomic E-state index is -1.14. The van der Waals surface area contributed by atoms with Crippen molar-refractivity contribution in [1.29, 1.82) is 0 Å². The monoisotopic (exact) mass is 842 g/mol. The molecule has 3 aromatic rings. The van der Waals surface area contributed by atoms with Crippen molar-refractivity contribution in [2.24, 2.45) is 22.9 Å². The highest BCUT2D eigenvalue weighted by Crippen LogP contribution is 2.63. The molecule has 1 amide bonds. The SMILES string of the molecule is C=CCOC12Oc3ccc(Oc4ccc(SC)cc4)cc3C3C(CCCCO)C(CCCCO)C=C(C(=NOC4CCCCO4)CC1Sc1ccc(NC(C)=O)cc1)C32. The molecule has 12 heteroatoms. The highest BCUT2D eigenvalue weighted by Gasteiger charge is 2.64. The Morgan fingerprint density at radius 1 is 0.983 bits per heavy atom. The topological polar surface area (TPSA) is 128 Å². The van der Waals surface area contributed by atoms with Gasteiger partial charge in [0, 0.05) is 59.9 Å². The number of nitrogens with one attached hydrogen (secondary N) is 1. The largest absolute Gasteiger partial charge is 0.460 e. The molecule has 2 fully saturated rings. The van der Waals surface area contributed by atoms with Crippen molar-refractivity contribution in [3.05, 3.63) is 96.6 Å². The number of nitrogens with zero attached hydrogens (tertiary/aromatic N) is 1. The summed E-state index contributed by atoms with van der Waals surface area (Å²) in [6.07, 6.45) is 14.1. The molecule has 0 bridgehead atoms. The zero-order chi connectivity index (χ0) is 41.2. The Kier molecular flexibility index (Phi) is 15.2. The number of carbonyl (C=O) groups is 1. The van der Waals surface area contributed by atoms with E-state index in [0.717, 1.165) is 101 Å². The first-order valence-corrected chi connectivity index (χ1v) is 23.2. The van der Waals surface area contributed by atoms with Crippen LogP contribution in [0.2, 0.25) is 0 Å². The zero-order valence-corrected chi connectivity index (χ0v) is 35.8. The average Bonchev–Trinajstić information content (AvgIpc) is 3.25. The lowest BCUT2D eigenvalue weighted by molar-refractivity contribution is -0.223. The van der Waals surface area contributed by atoms with Crippen molar-refractivity contribution in [2.75, 3.05) is 38.0 Å². The highest BCUT2D eigenvalue weighted by molar-refractivity contribution is 8.00. The fourth-order valence-corrected chi connectivity index (χ4v) is 10.9. The van der Waals surface area contributed by atoms with Crippen LogP contribution in [0, 0.1) is 17.8 Å². The van der Waals surface area contributed by atoms with Crippen LogP contribution >= 0.6 is 23.5 Å². The molecular formula is C47H58N2O8S2. The molecule has 316 valence electrons. The van der Waals surface area contributed by atoms with Gasteiger partial charge in [-0.25, -0.2) is 0 Å². The molecule has 3 aromatic carbocycles. The Morgan fingerprint density at radius 3 is 2.42 bits per heavy atom. The summed E-state index contributed by atoms with van der Waals surface area (Å²) in [5.41, 5.74) is 3.69. The van der Waals surface area contributed by atoms with Crippen molar-refractivity contribution in [3.63, 3.8) is 0 Å². The average molecular weight is 843 g/mol. The van der Waals surface area contributed by atoms with E-state index in [0.29, 0.717) is 19.4 Å². The molecule has 2 aliphatic heterocycles. The Balaban J connectivity index is 1.38. The molecule has 59 heavy (non-hydrogen) atoms. The molecule has 2 heterocycles. The third-order valence-electron chi connectivity index (χ3n) is 11.8. The van der Waals surface area contributed by atoms with E-state index in [1.807, 2.05) is 48.5 Å². The van der Waals surface area contributed by atoms with E-state index in [-0.39, 0.29) is 54.6 Å². The summed E-state index contributed by atoms with van der Waals surface area (Å²) in [5.74, 6) is 0.905. The number of amides is 1. The number of unbranched alkanes of at least 4 members (excludes halogenated alkanes) is 2. The van der Waals surface area contributed by atoms with Gasteiger partial charge in [0.25, 0.3) is 0 Å². The number of hydrogen-bond acceptors (Lipinski definition) is 11. The van der Waals surface area contributed by atoms with E-state index < -0.39 is 12.1 Å². The van der Waals surface area contributed by atoms with Crippen LogP contribution in [0.25, 0.3) is 0 Å². The van der Waals surface area contributed by atoms with Crippen LogP contribution in [0.15, 0.2) is 106 Å². The van der Waals surface area contributed by atoms with Crippen LogP contribution in [-0.2, 0) is 19.1 Å². The minimum Gasteiger partial charge on any atom is -0.460 e. The van der Waals surface area contributed by atoms with Crippen LogP contribution in [-0.4, -0.2) is 71.8 Å². The van der Waals surface area contributed by atoms with Gasteiger partial charge in [-0.15, -0.1) is 30.1 Å². The molecule has 2 aliphatic carbocycles. The number of fused-ring (bicyclic) bond motifs is 2. The summed E-state index contributed by atoms with van der Waals surface area (Å²) in [4.78, 5) is 20.3. The van der Waals surface area contributed by atoms with Gasteiger partial charge >= 0.3 is 0 Å². The molecule has 0 aromatic heterocycles. The number of carbonyl (C=O) groups excluding carboxylic acids is 1. The number of rotatable bonds is 19. The van der Waals surface area contributed by atoms with Crippen molar-refractivity contribution in [1.82, 2.24) is 0 Å². The molecule has 1 saturated carbocycles.